The van der Waals surface area contributed by atoms with Crippen molar-refractivity contribution in [3.05, 3.63) is 20.1 Å². The van der Waals surface area contributed by atoms with Gasteiger partial charge in [0.1, 0.15) is 16.1 Å². The first kappa shape index (κ1) is 13.2. The first-order valence-electron chi connectivity index (χ1n) is 4.80. The van der Waals surface area contributed by atoms with Gasteiger partial charge in [-0.25, -0.2) is 4.79 Å². The molecule has 0 aliphatic carbocycles. The van der Waals surface area contributed by atoms with Crippen LogP contribution in [0.4, 0.5) is 0 Å². The Morgan fingerprint density at radius 3 is 2.33 bits per heavy atom. The van der Waals surface area contributed by atoms with E-state index in [1.165, 1.54) is 14.2 Å². The van der Waals surface area contributed by atoms with Crippen LogP contribution >= 0.6 is 31.9 Å². The van der Waals surface area contributed by atoms with Gasteiger partial charge in [-0.1, -0.05) is 0 Å². The predicted molar refractivity (Wildman–Crippen MR) is 68.7 cm³/mol. The molecule has 0 saturated heterocycles. The molecule has 2 rings (SSSR count). The lowest BCUT2D eigenvalue weighted by Crippen LogP contribution is -2.01. The summed E-state index contributed by atoms with van der Waals surface area (Å²) < 4.78 is 16.4. The maximum absolute atomic E-state index is 11.8. The number of fused-ring (bicyclic) bond motifs is 1. The third-order valence-electron chi connectivity index (χ3n) is 2.55. The summed E-state index contributed by atoms with van der Waals surface area (Å²) in [4.78, 5) is 11.8. The molecule has 0 fully saturated rings. The molecule has 1 heterocycles. The van der Waals surface area contributed by atoms with Gasteiger partial charge in [0.2, 0.25) is 6.10 Å². The van der Waals surface area contributed by atoms with Crippen LogP contribution in [0.3, 0.4) is 0 Å². The van der Waals surface area contributed by atoms with Gasteiger partial charge in [-0.3, -0.25) is 0 Å². The van der Waals surface area contributed by atoms with Crippen molar-refractivity contribution < 1.29 is 19.0 Å². The van der Waals surface area contributed by atoms with E-state index in [9.17, 15) is 4.79 Å². The number of hydrogen-bond acceptors (Lipinski definition) is 5. The molecule has 0 spiro atoms. The Morgan fingerprint density at radius 2 is 1.83 bits per heavy atom. The zero-order chi connectivity index (χ0) is 13.4. The van der Waals surface area contributed by atoms with E-state index < -0.39 is 12.1 Å². The van der Waals surface area contributed by atoms with Crippen LogP contribution in [0.2, 0.25) is 0 Å². The van der Waals surface area contributed by atoms with Crippen molar-refractivity contribution in [1.29, 1.82) is 5.26 Å². The number of rotatable bonds is 2. The SMILES string of the molecule is COc1c(Br)c(OC)c2c(c1Br)C(C#N)OC2=O. The third kappa shape index (κ3) is 1.68. The van der Waals surface area contributed by atoms with E-state index in [0.29, 0.717) is 26.0 Å². The zero-order valence-electron chi connectivity index (χ0n) is 9.41. The quantitative estimate of drug-likeness (QED) is 0.742. The van der Waals surface area contributed by atoms with Crippen molar-refractivity contribution >= 4 is 37.8 Å². The summed E-state index contributed by atoms with van der Waals surface area (Å²) in [5.74, 6) is 0.161. The lowest BCUT2D eigenvalue weighted by atomic mass is 10.0. The topological polar surface area (TPSA) is 68.6 Å². The predicted octanol–water partition coefficient (Wildman–Crippen LogP) is 2.96. The Bertz CT molecular complexity index is 580. The highest BCUT2D eigenvalue weighted by atomic mass is 79.9. The number of nitrogens with zero attached hydrogens (tertiary/aromatic N) is 1. The molecule has 5 nitrogen and oxygen atoms in total. The fraction of sp³-hybridized carbons (Fsp3) is 0.273. The number of cyclic esters (lactones) is 1. The fourth-order valence-corrected chi connectivity index (χ4v) is 3.55. The van der Waals surface area contributed by atoms with E-state index in [0.717, 1.165) is 0 Å². The molecule has 1 aromatic carbocycles. The first-order chi connectivity index (χ1) is 8.56. The van der Waals surface area contributed by atoms with E-state index in [1.807, 2.05) is 6.07 Å². The summed E-state index contributed by atoms with van der Waals surface area (Å²) in [6, 6.07) is 1.91. The molecule has 1 unspecified atom stereocenters. The van der Waals surface area contributed by atoms with Crippen LogP contribution < -0.4 is 9.47 Å². The Hall–Kier alpha value is -1.26. The van der Waals surface area contributed by atoms with Crippen LogP contribution in [0, 0.1) is 11.3 Å². The number of halogens is 2. The number of carbonyl (C=O) groups excluding carboxylic acids is 1. The molecule has 0 radical (unpaired) electrons. The summed E-state index contributed by atoms with van der Waals surface area (Å²) in [6.45, 7) is 0. The monoisotopic (exact) mass is 375 g/mol. The fourth-order valence-electron chi connectivity index (χ4n) is 1.80. The van der Waals surface area contributed by atoms with Crippen molar-refractivity contribution in [1.82, 2.24) is 0 Å². The second-order valence-electron chi connectivity index (χ2n) is 3.40. The Morgan fingerprint density at radius 1 is 1.22 bits per heavy atom. The maximum atomic E-state index is 11.8. The van der Waals surface area contributed by atoms with Crippen LogP contribution in [0.1, 0.15) is 22.0 Å². The molecule has 0 bridgehead atoms. The minimum Gasteiger partial charge on any atom is -0.494 e. The van der Waals surface area contributed by atoms with E-state index in [1.54, 1.807) is 0 Å². The zero-order valence-corrected chi connectivity index (χ0v) is 12.6. The first-order valence-corrected chi connectivity index (χ1v) is 6.38. The lowest BCUT2D eigenvalue weighted by molar-refractivity contribution is 0.0475. The number of methoxy groups -OCH3 is 2. The molecule has 0 N–H and O–H groups in total. The standard InChI is InChI=1S/C11H7Br2NO4/c1-16-9-6-5(4(3-14)18-11(6)15)7(12)10(17-2)8(9)13/h4H,1-2H3. The van der Waals surface area contributed by atoms with Gasteiger partial charge in [-0.2, -0.15) is 5.26 Å². The normalized spacial score (nSPS) is 16.8. The summed E-state index contributed by atoms with van der Waals surface area (Å²) >= 11 is 6.63. The number of ether oxygens (including phenoxy) is 3. The number of carbonyl (C=O) groups is 1. The van der Waals surface area contributed by atoms with E-state index in [4.69, 9.17) is 19.5 Å². The Kier molecular flexibility index (Phi) is 3.50. The molecule has 0 saturated carbocycles. The van der Waals surface area contributed by atoms with E-state index >= 15 is 0 Å². The van der Waals surface area contributed by atoms with Gasteiger partial charge in [0.15, 0.2) is 11.5 Å². The summed E-state index contributed by atoms with van der Waals surface area (Å²) in [6.07, 6.45) is -0.960. The van der Waals surface area contributed by atoms with Gasteiger partial charge in [-0.15, -0.1) is 0 Å². The molecule has 1 aliphatic heterocycles. The smallest absolute Gasteiger partial charge is 0.344 e. The third-order valence-corrected chi connectivity index (χ3v) is 4.06. The molecule has 18 heavy (non-hydrogen) atoms. The molecule has 1 aliphatic rings. The van der Waals surface area contributed by atoms with Gasteiger partial charge >= 0.3 is 5.97 Å². The number of hydrogen-bond donors (Lipinski definition) is 0. The highest BCUT2D eigenvalue weighted by molar-refractivity contribution is 9.11. The Labute approximate surface area is 120 Å². The van der Waals surface area contributed by atoms with Crippen LogP contribution in [0.15, 0.2) is 8.95 Å². The van der Waals surface area contributed by atoms with Gasteiger partial charge in [-0.05, 0) is 31.9 Å². The van der Waals surface area contributed by atoms with Gasteiger partial charge < -0.3 is 14.2 Å². The lowest BCUT2D eigenvalue weighted by Gasteiger charge is -2.14. The molecule has 1 atom stereocenters. The second kappa shape index (κ2) is 4.78. The van der Waals surface area contributed by atoms with Crippen LogP contribution in [0.5, 0.6) is 11.5 Å². The number of benzene rings is 1. The minimum absolute atomic E-state index is 0.239. The van der Waals surface area contributed by atoms with Gasteiger partial charge in [0.05, 0.1) is 18.7 Å². The maximum Gasteiger partial charge on any atom is 0.344 e. The van der Waals surface area contributed by atoms with Gasteiger partial charge in [0.25, 0.3) is 0 Å². The van der Waals surface area contributed by atoms with Crippen molar-refractivity contribution in [3.8, 4) is 17.6 Å². The van der Waals surface area contributed by atoms with Crippen molar-refractivity contribution in [2.24, 2.45) is 0 Å². The largest absolute Gasteiger partial charge is 0.494 e. The second-order valence-corrected chi connectivity index (χ2v) is 4.98. The summed E-state index contributed by atoms with van der Waals surface area (Å²) in [7, 11) is 2.91. The highest BCUT2D eigenvalue weighted by Crippen LogP contribution is 2.50. The molecular formula is C11H7Br2NO4. The number of nitriles is 1. The van der Waals surface area contributed by atoms with E-state index in [2.05, 4.69) is 31.9 Å². The molecule has 94 valence electrons. The molecule has 0 aromatic heterocycles. The molecule has 0 amide bonds. The average molecular weight is 377 g/mol. The Balaban J connectivity index is 2.86. The summed E-state index contributed by atoms with van der Waals surface area (Å²) in [5, 5.41) is 9.01. The van der Waals surface area contributed by atoms with Crippen LogP contribution in [0.25, 0.3) is 0 Å². The average Bonchev–Trinajstić information content (AvgIpc) is 2.68. The van der Waals surface area contributed by atoms with Crippen molar-refractivity contribution in [3.63, 3.8) is 0 Å². The highest BCUT2D eigenvalue weighted by Gasteiger charge is 2.39. The molecular weight excluding hydrogens is 370 g/mol. The summed E-state index contributed by atoms with van der Waals surface area (Å²) in [5.41, 5.74) is 0.669. The van der Waals surface area contributed by atoms with Crippen molar-refractivity contribution in [2.45, 2.75) is 6.10 Å². The van der Waals surface area contributed by atoms with Gasteiger partial charge in [0, 0.05) is 5.56 Å². The van der Waals surface area contributed by atoms with Crippen molar-refractivity contribution in [2.75, 3.05) is 14.2 Å². The molecule has 7 heteroatoms. The van der Waals surface area contributed by atoms with Crippen LogP contribution in [-0.4, -0.2) is 20.2 Å². The van der Waals surface area contributed by atoms with Crippen LogP contribution in [-0.2, 0) is 4.74 Å². The minimum atomic E-state index is -0.960. The van der Waals surface area contributed by atoms with E-state index in [-0.39, 0.29) is 5.56 Å². The molecule has 1 aromatic rings. The number of esters is 1.